The minimum absolute atomic E-state index is 0.207. The third-order valence-electron chi connectivity index (χ3n) is 1.28. The number of nitriles is 1. The highest BCUT2D eigenvalue weighted by molar-refractivity contribution is 7.85. The van der Waals surface area contributed by atoms with E-state index < -0.39 is 10.1 Å². The Hall–Kier alpha value is -1.38. The summed E-state index contributed by atoms with van der Waals surface area (Å²) in [6.45, 7) is 4.00. The quantitative estimate of drug-likeness (QED) is 0.722. The molecule has 0 unspecified atom stereocenters. The van der Waals surface area contributed by atoms with Crippen LogP contribution < -0.4 is 0 Å². The van der Waals surface area contributed by atoms with E-state index >= 15 is 0 Å². The molecule has 0 fully saturated rings. The smallest absolute Gasteiger partial charge is 0.282 e. The molecular weight excluding hydrogens is 202 g/mol. The van der Waals surface area contributed by atoms with Crippen molar-refractivity contribution in [3.63, 3.8) is 0 Å². The fourth-order valence-electron chi connectivity index (χ4n) is 0.701. The van der Waals surface area contributed by atoms with E-state index in [1.807, 2.05) is 19.9 Å². The molecule has 1 aromatic carbocycles. The summed E-state index contributed by atoms with van der Waals surface area (Å²) in [5.74, 6) is 0. The molecule has 0 atom stereocenters. The summed E-state index contributed by atoms with van der Waals surface area (Å²) < 4.78 is 29.6. The molecule has 5 heteroatoms. The molecule has 0 radical (unpaired) electrons. The molecule has 0 aliphatic carbocycles. The SMILES string of the molecule is CC.N#Cc1ccc(S(=O)(=O)O)cc1. The fourth-order valence-corrected chi connectivity index (χ4v) is 1.18. The van der Waals surface area contributed by atoms with Gasteiger partial charge in [-0.3, -0.25) is 4.55 Å². The second-order valence-corrected chi connectivity index (χ2v) is 3.53. The standard InChI is InChI=1S/C7H5NO3S.C2H6/c8-5-6-1-3-7(4-2-6)12(9,10)11;1-2/h1-4H,(H,9,10,11);1-2H3. The predicted octanol–water partition coefficient (Wildman–Crippen LogP) is 1.83. The highest BCUT2D eigenvalue weighted by atomic mass is 32.2. The zero-order valence-corrected chi connectivity index (χ0v) is 8.75. The third-order valence-corrected chi connectivity index (χ3v) is 2.15. The van der Waals surface area contributed by atoms with Gasteiger partial charge in [0, 0.05) is 0 Å². The number of rotatable bonds is 1. The van der Waals surface area contributed by atoms with Crippen molar-refractivity contribution in [1.82, 2.24) is 0 Å². The molecule has 0 aromatic heterocycles. The number of hydrogen-bond acceptors (Lipinski definition) is 3. The van der Waals surface area contributed by atoms with Crippen molar-refractivity contribution in [1.29, 1.82) is 5.26 Å². The molecule has 0 amide bonds. The highest BCUT2D eigenvalue weighted by Gasteiger charge is 2.07. The molecule has 1 N–H and O–H groups in total. The van der Waals surface area contributed by atoms with Crippen LogP contribution >= 0.6 is 0 Å². The van der Waals surface area contributed by atoms with E-state index in [1.165, 1.54) is 24.3 Å². The lowest BCUT2D eigenvalue weighted by Crippen LogP contribution is -1.97. The molecule has 4 nitrogen and oxygen atoms in total. The summed E-state index contributed by atoms with van der Waals surface area (Å²) >= 11 is 0. The normalized spacial score (nSPS) is 9.57. The highest BCUT2D eigenvalue weighted by Crippen LogP contribution is 2.08. The van der Waals surface area contributed by atoms with E-state index in [-0.39, 0.29) is 4.90 Å². The first-order valence-electron chi connectivity index (χ1n) is 4.02. The van der Waals surface area contributed by atoms with Crippen molar-refractivity contribution in [2.24, 2.45) is 0 Å². The Morgan fingerprint density at radius 2 is 1.64 bits per heavy atom. The summed E-state index contributed by atoms with van der Waals surface area (Å²) in [6, 6.07) is 6.82. The van der Waals surface area contributed by atoms with Crippen LogP contribution in [0.2, 0.25) is 0 Å². The van der Waals surface area contributed by atoms with Crippen molar-refractivity contribution < 1.29 is 13.0 Å². The largest absolute Gasteiger partial charge is 0.294 e. The van der Waals surface area contributed by atoms with Crippen LogP contribution in [-0.2, 0) is 10.1 Å². The predicted molar refractivity (Wildman–Crippen MR) is 52.3 cm³/mol. The van der Waals surface area contributed by atoms with Gasteiger partial charge in [0.1, 0.15) is 0 Å². The lowest BCUT2D eigenvalue weighted by atomic mass is 10.2. The van der Waals surface area contributed by atoms with E-state index in [1.54, 1.807) is 0 Å². The van der Waals surface area contributed by atoms with Crippen LogP contribution in [0.4, 0.5) is 0 Å². The van der Waals surface area contributed by atoms with E-state index in [0.717, 1.165) is 0 Å². The maximum atomic E-state index is 10.5. The Bertz CT molecular complexity index is 414. The van der Waals surface area contributed by atoms with Crippen LogP contribution in [0.5, 0.6) is 0 Å². The number of hydrogen-bond donors (Lipinski definition) is 1. The Kier molecular flexibility index (Phi) is 4.84. The van der Waals surface area contributed by atoms with Gasteiger partial charge in [-0.05, 0) is 24.3 Å². The maximum Gasteiger partial charge on any atom is 0.294 e. The minimum atomic E-state index is -4.14. The van der Waals surface area contributed by atoms with Crippen LogP contribution in [0, 0.1) is 11.3 Å². The molecule has 1 aromatic rings. The van der Waals surface area contributed by atoms with Gasteiger partial charge in [-0.2, -0.15) is 13.7 Å². The van der Waals surface area contributed by atoms with Crippen molar-refractivity contribution >= 4 is 10.1 Å². The van der Waals surface area contributed by atoms with Gasteiger partial charge in [-0.25, -0.2) is 0 Å². The van der Waals surface area contributed by atoms with Gasteiger partial charge in [-0.1, -0.05) is 13.8 Å². The van der Waals surface area contributed by atoms with Crippen LogP contribution in [0.1, 0.15) is 19.4 Å². The van der Waals surface area contributed by atoms with E-state index in [0.29, 0.717) is 5.56 Å². The molecule has 0 bridgehead atoms. The Morgan fingerprint density at radius 1 is 1.21 bits per heavy atom. The van der Waals surface area contributed by atoms with Crippen molar-refractivity contribution in [2.75, 3.05) is 0 Å². The second kappa shape index (κ2) is 5.37. The number of benzene rings is 1. The Labute approximate surface area is 83.6 Å². The van der Waals surface area contributed by atoms with Gasteiger partial charge in [0.2, 0.25) is 0 Å². The molecular formula is C9H11NO3S. The zero-order chi connectivity index (χ0) is 11.2. The topological polar surface area (TPSA) is 78.2 Å². The molecule has 0 saturated heterocycles. The van der Waals surface area contributed by atoms with E-state index in [4.69, 9.17) is 9.81 Å². The molecule has 76 valence electrons. The summed E-state index contributed by atoms with van der Waals surface area (Å²) in [7, 11) is -4.14. The lowest BCUT2D eigenvalue weighted by molar-refractivity contribution is 0.483. The van der Waals surface area contributed by atoms with Gasteiger partial charge < -0.3 is 0 Å². The maximum absolute atomic E-state index is 10.5. The molecule has 1 rings (SSSR count). The van der Waals surface area contributed by atoms with Gasteiger partial charge in [-0.15, -0.1) is 0 Å². The van der Waals surface area contributed by atoms with Crippen LogP contribution in [0.25, 0.3) is 0 Å². The molecule has 0 heterocycles. The van der Waals surface area contributed by atoms with Gasteiger partial charge in [0.25, 0.3) is 10.1 Å². The molecule has 0 aliphatic heterocycles. The molecule has 0 aliphatic rings. The van der Waals surface area contributed by atoms with E-state index in [9.17, 15) is 8.42 Å². The summed E-state index contributed by atoms with van der Waals surface area (Å²) in [5, 5.41) is 8.37. The first-order valence-corrected chi connectivity index (χ1v) is 5.46. The summed E-state index contributed by atoms with van der Waals surface area (Å²) in [6.07, 6.45) is 0. The minimum Gasteiger partial charge on any atom is -0.282 e. The van der Waals surface area contributed by atoms with Crippen molar-refractivity contribution in [2.45, 2.75) is 18.7 Å². The molecule has 0 saturated carbocycles. The monoisotopic (exact) mass is 213 g/mol. The fraction of sp³-hybridized carbons (Fsp3) is 0.222. The van der Waals surface area contributed by atoms with Gasteiger partial charge in [0.15, 0.2) is 0 Å². The van der Waals surface area contributed by atoms with Crippen LogP contribution in [0.15, 0.2) is 29.2 Å². The van der Waals surface area contributed by atoms with Crippen molar-refractivity contribution in [3.05, 3.63) is 29.8 Å². The zero-order valence-electron chi connectivity index (χ0n) is 7.93. The summed E-state index contributed by atoms with van der Waals surface area (Å²) in [5.41, 5.74) is 0.349. The number of nitrogens with zero attached hydrogens (tertiary/aromatic N) is 1. The first kappa shape index (κ1) is 12.6. The summed E-state index contributed by atoms with van der Waals surface area (Å²) in [4.78, 5) is -0.207. The Balaban J connectivity index is 0.000000791. The third kappa shape index (κ3) is 3.56. The van der Waals surface area contributed by atoms with E-state index in [2.05, 4.69) is 0 Å². The molecule has 0 spiro atoms. The van der Waals surface area contributed by atoms with Crippen LogP contribution in [0.3, 0.4) is 0 Å². The first-order chi connectivity index (χ1) is 6.54. The molecule has 14 heavy (non-hydrogen) atoms. The lowest BCUT2D eigenvalue weighted by Gasteiger charge is -1.94. The average molecular weight is 213 g/mol. The van der Waals surface area contributed by atoms with Crippen molar-refractivity contribution in [3.8, 4) is 6.07 Å². The van der Waals surface area contributed by atoms with Gasteiger partial charge in [0.05, 0.1) is 16.5 Å². The van der Waals surface area contributed by atoms with Gasteiger partial charge >= 0.3 is 0 Å². The average Bonchev–Trinajstić information content (AvgIpc) is 2.20. The second-order valence-electron chi connectivity index (χ2n) is 2.11. The van der Waals surface area contributed by atoms with Crippen LogP contribution in [-0.4, -0.2) is 13.0 Å². The Morgan fingerprint density at radius 3 is 1.93 bits per heavy atom.